The lowest BCUT2D eigenvalue weighted by Gasteiger charge is -2.28. The first-order chi connectivity index (χ1) is 10.6. The van der Waals surface area contributed by atoms with Crippen molar-refractivity contribution in [3.8, 4) is 11.1 Å². The molecule has 114 valence electrons. The summed E-state index contributed by atoms with van der Waals surface area (Å²) in [6.45, 7) is 6.40. The molecule has 2 nitrogen and oxygen atoms in total. The van der Waals surface area contributed by atoms with Gasteiger partial charge < -0.3 is 5.32 Å². The first-order valence-corrected chi connectivity index (χ1v) is 8.66. The van der Waals surface area contributed by atoms with Crippen LogP contribution in [-0.2, 0) is 5.75 Å². The number of nitrogens with one attached hydrogen (secondary N) is 1. The zero-order valence-electron chi connectivity index (χ0n) is 13.2. The van der Waals surface area contributed by atoms with Crippen molar-refractivity contribution in [3.63, 3.8) is 0 Å². The lowest BCUT2D eigenvalue weighted by molar-refractivity contribution is 0.364. The van der Waals surface area contributed by atoms with Gasteiger partial charge in [0.25, 0.3) is 0 Å². The minimum Gasteiger partial charge on any atom is -0.364 e. The number of thioether (sulfide) groups is 1. The zero-order chi connectivity index (χ0) is 15.4. The van der Waals surface area contributed by atoms with Gasteiger partial charge in [0.05, 0.1) is 0 Å². The Morgan fingerprint density at radius 1 is 1.00 bits per heavy atom. The fourth-order valence-corrected chi connectivity index (χ4v) is 3.21. The Bertz CT molecular complexity index is 645. The molecule has 1 heterocycles. The molecule has 2 aromatic rings. The average Bonchev–Trinajstić information content (AvgIpc) is 2.55. The van der Waals surface area contributed by atoms with Crippen molar-refractivity contribution in [2.75, 3.05) is 13.1 Å². The highest BCUT2D eigenvalue weighted by molar-refractivity contribution is 8.13. The first kappa shape index (κ1) is 15.2. The maximum Gasteiger partial charge on any atom is 0.156 e. The molecule has 1 aliphatic heterocycles. The molecule has 0 unspecified atom stereocenters. The molecule has 0 fully saturated rings. The second kappa shape index (κ2) is 6.57. The third-order valence-electron chi connectivity index (χ3n) is 3.81. The smallest absolute Gasteiger partial charge is 0.156 e. The summed E-state index contributed by atoms with van der Waals surface area (Å²) in [5.41, 5.74) is 4.15. The summed E-state index contributed by atoms with van der Waals surface area (Å²) in [4.78, 5) is 4.63. The predicted octanol–water partition coefficient (Wildman–Crippen LogP) is 4.57. The van der Waals surface area contributed by atoms with E-state index in [0.29, 0.717) is 0 Å². The van der Waals surface area contributed by atoms with Gasteiger partial charge in [-0.2, -0.15) is 0 Å². The molecule has 3 rings (SSSR count). The van der Waals surface area contributed by atoms with Crippen molar-refractivity contribution in [2.24, 2.45) is 10.4 Å². The zero-order valence-corrected chi connectivity index (χ0v) is 14.0. The van der Waals surface area contributed by atoms with Gasteiger partial charge in [-0.3, -0.25) is 4.99 Å². The summed E-state index contributed by atoms with van der Waals surface area (Å²) in [7, 11) is 0. The quantitative estimate of drug-likeness (QED) is 0.898. The van der Waals surface area contributed by atoms with Gasteiger partial charge in [0.2, 0.25) is 0 Å². The van der Waals surface area contributed by atoms with E-state index in [2.05, 4.69) is 72.7 Å². The van der Waals surface area contributed by atoms with E-state index < -0.39 is 0 Å². The van der Waals surface area contributed by atoms with E-state index in [9.17, 15) is 0 Å². The minimum atomic E-state index is 0.279. The van der Waals surface area contributed by atoms with E-state index in [4.69, 9.17) is 0 Å². The summed E-state index contributed by atoms with van der Waals surface area (Å²) in [5, 5.41) is 4.51. The van der Waals surface area contributed by atoms with Crippen LogP contribution in [0.2, 0.25) is 0 Å². The van der Waals surface area contributed by atoms with Crippen LogP contribution >= 0.6 is 11.8 Å². The molecule has 0 atom stereocenters. The van der Waals surface area contributed by atoms with Gasteiger partial charge >= 0.3 is 0 Å². The Kier molecular flexibility index (Phi) is 4.53. The Morgan fingerprint density at radius 2 is 1.68 bits per heavy atom. The molecule has 0 aromatic heterocycles. The summed E-state index contributed by atoms with van der Waals surface area (Å²) in [6.07, 6.45) is 0. The molecule has 0 spiro atoms. The van der Waals surface area contributed by atoms with E-state index in [1.54, 1.807) is 11.8 Å². The maximum atomic E-state index is 4.63. The molecule has 1 N–H and O–H groups in total. The fraction of sp³-hybridized carbons (Fsp3) is 0.316. The van der Waals surface area contributed by atoms with E-state index in [-0.39, 0.29) is 5.41 Å². The van der Waals surface area contributed by atoms with Crippen molar-refractivity contribution in [1.29, 1.82) is 0 Å². The van der Waals surface area contributed by atoms with Crippen molar-refractivity contribution in [2.45, 2.75) is 19.6 Å². The molecule has 0 bridgehead atoms. The predicted molar refractivity (Wildman–Crippen MR) is 97.3 cm³/mol. The van der Waals surface area contributed by atoms with Crippen LogP contribution in [-0.4, -0.2) is 18.3 Å². The van der Waals surface area contributed by atoms with Gasteiger partial charge in [-0.25, -0.2) is 0 Å². The molecule has 3 heteroatoms. The molecule has 0 amide bonds. The molecule has 2 aromatic carbocycles. The lowest BCUT2D eigenvalue weighted by Crippen LogP contribution is -2.39. The molecule has 0 saturated heterocycles. The Balaban J connectivity index is 1.59. The van der Waals surface area contributed by atoms with Gasteiger partial charge in [0.1, 0.15) is 0 Å². The van der Waals surface area contributed by atoms with Crippen LogP contribution in [0.4, 0.5) is 0 Å². The highest BCUT2D eigenvalue weighted by Gasteiger charge is 2.22. The largest absolute Gasteiger partial charge is 0.364 e. The van der Waals surface area contributed by atoms with Crippen LogP contribution in [0, 0.1) is 5.41 Å². The van der Waals surface area contributed by atoms with Crippen LogP contribution in [0.15, 0.2) is 59.6 Å². The lowest BCUT2D eigenvalue weighted by atomic mass is 9.93. The second-order valence-corrected chi connectivity index (χ2v) is 7.45. The van der Waals surface area contributed by atoms with E-state index in [1.807, 2.05) is 6.07 Å². The third kappa shape index (κ3) is 3.92. The topological polar surface area (TPSA) is 24.4 Å². The molecule has 1 aliphatic rings. The number of nitrogens with zero attached hydrogens (tertiary/aromatic N) is 1. The summed E-state index contributed by atoms with van der Waals surface area (Å²) >= 11 is 1.79. The molecular formula is C19H22N2S. The number of hydrogen-bond donors (Lipinski definition) is 1. The SMILES string of the molecule is CC1(C)CN=C(SCc2ccc(-c3ccccc3)cc2)NC1. The van der Waals surface area contributed by atoms with Crippen LogP contribution in [0.3, 0.4) is 0 Å². The number of benzene rings is 2. The van der Waals surface area contributed by atoms with Crippen molar-refractivity contribution < 1.29 is 0 Å². The van der Waals surface area contributed by atoms with Crippen molar-refractivity contribution in [1.82, 2.24) is 5.32 Å². The highest BCUT2D eigenvalue weighted by atomic mass is 32.2. The molecule has 0 saturated carbocycles. The normalized spacial score (nSPS) is 16.7. The van der Waals surface area contributed by atoms with Crippen molar-refractivity contribution in [3.05, 3.63) is 60.2 Å². The summed E-state index contributed by atoms with van der Waals surface area (Å²) < 4.78 is 0. The van der Waals surface area contributed by atoms with Crippen LogP contribution < -0.4 is 5.32 Å². The Labute approximate surface area is 137 Å². The number of rotatable bonds is 3. The molecule has 0 radical (unpaired) electrons. The number of aliphatic imine (C=N–C) groups is 1. The van der Waals surface area contributed by atoms with Crippen LogP contribution in [0.1, 0.15) is 19.4 Å². The molecule has 0 aliphatic carbocycles. The summed E-state index contributed by atoms with van der Waals surface area (Å²) in [6, 6.07) is 19.3. The van der Waals surface area contributed by atoms with Crippen LogP contribution in [0.25, 0.3) is 11.1 Å². The maximum absolute atomic E-state index is 4.63. The van der Waals surface area contributed by atoms with E-state index >= 15 is 0 Å². The van der Waals surface area contributed by atoms with E-state index in [0.717, 1.165) is 24.0 Å². The molecular weight excluding hydrogens is 288 g/mol. The first-order valence-electron chi connectivity index (χ1n) is 7.68. The van der Waals surface area contributed by atoms with Gasteiger partial charge in [0.15, 0.2) is 5.17 Å². The standard InChI is InChI=1S/C19H22N2S/c1-19(2)13-20-18(21-14-19)22-12-15-8-10-17(11-9-15)16-6-4-3-5-7-16/h3-11H,12-14H2,1-2H3,(H,20,21). The van der Waals surface area contributed by atoms with Gasteiger partial charge in [-0.1, -0.05) is 80.2 Å². The third-order valence-corrected chi connectivity index (χ3v) is 4.83. The second-order valence-electron chi connectivity index (χ2n) is 6.49. The van der Waals surface area contributed by atoms with Gasteiger partial charge in [-0.15, -0.1) is 0 Å². The van der Waals surface area contributed by atoms with E-state index in [1.165, 1.54) is 16.7 Å². The molecule has 22 heavy (non-hydrogen) atoms. The van der Waals surface area contributed by atoms with Gasteiger partial charge in [0, 0.05) is 24.3 Å². The fourth-order valence-electron chi connectivity index (χ4n) is 2.38. The Hall–Kier alpha value is -1.74. The summed E-state index contributed by atoms with van der Waals surface area (Å²) in [5.74, 6) is 0.960. The highest BCUT2D eigenvalue weighted by Crippen LogP contribution is 2.23. The van der Waals surface area contributed by atoms with Gasteiger partial charge in [-0.05, 0) is 16.7 Å². The monoisotopic (exact) mass is 310 g/mol. The Morgan fingerprint density at radius 3 is 2.32 bits per heavy atom. The average molecular weight is 310 g/mol. The van der Waals surface area contributed by atoms with Crippen LogP contribution in [0.5, 0.6) is 0 Å². The number of amidine groups is 1. The van der Waals surface area contributed by atoms with Crippen molar-refractivity contribution >= 4 is 16.9 Å². The minimum absolute atomic E-state index is 0.279. The number of hydrogen-bond acceptors (Lipinski definition) is 3.